The molecule has 1 aliphatic carbocycles. The fourth-order valence-electron chi connectivity index (χ4n) is 4.76. The van der Waals surface area contributed by atoms with Gasteiger partial charge in [0, 0.05) is 17.6 Å². The van der Waals surface area contributed by atoms with Gasteiger partial charge in [0.1, 0.15) is 18.4 Å². The van der Waals surface area contributed by atoms with E-state index in [1.165, 1.54) is 29.2 Å². The summed E-state index contributed by atoms with van der Waals surface area (Å²) in [6.45, 7) is 2.85. The smallest absolute Gasteiger partial charge is 0.264 e. The number of hydrogen-bond acceptors (Lipinski definition) is 4. The summed E-state index contributed by atoms with van der Waals surface area (Å²) >= 11 is 6.40. The number of aryl methyl sites for hydroxylation is 1. The molecular weight excluding hydrogens is 553 g/mol. The van der Waals surface area contributed by atoms with E-state index >= 15 is 0 Å². The van der Waals surface area contributed by atoms with E-state index in [2.05, 4.69) is 5.32 Å². The van der Waals surface area contributed by atoms with Crippen LogP contribution in [0.3, 0.4) is 0 Å². The molecule has 0 bridgehead atoms. The topological polar surface area (TPSA) is 86.8 Å². The maximum atomic E-state index is 13.9. The quantitative estimate of drug-likeness (QED) is 0.342. The van der Waals surface area contributed by atoms with Gasteiger partial charge in [0.05, 0.1) is 10.6 Å². The third-order valence-electron chi connectivity index (χ3n) is 7.17. The highest BCUT2D eigenvalue weighted by atomic mass is 35.5. The van der Waals surface area contributed by atoms with Gasteiger partial charge < -0.3 is 10.2 Å². The molecule has 0 radical (unpaired) electrons. The Hall–Kier alpha value is -3.43. The normalized spacial score (nSPS) is 14.5. The Balaban J connectivity index is 1.69. The fourth-order valence-corrected chi connectivity index (χ4v) is 6.37. The minimum atomic E-state index is -4.22. The van der Waals surface area contributed by atoms with Crippen molar-refractivity contribution in [2.45, 2.75) is 63.1 Å². The largest absolute Gasteiger partial charge is 0.352 e. The van der Waals surface area contributed by atoms with Crippen molar-refractivity contribution in [2.24, 2.45) is 0 Å². The maximum Gasteiger partial charge on any atom is 0.264 e. The van der Waals surface area contributed by atoms with Crippen LogP contribution in [0.2, 0.25) is 5.02 Å². The van der Waals surface area contributed by atoms with E-state index in [0.29, 0.717) is 10.6 Å². The average Bonchev–Trinajstić information content (AvgIpc) is 3.44. The minimum absolute atomic E-state index is 0.000400. The molecule has 2 amide bonds. The Morgan fingerprint density at radius 1 is 1.00 bits per heavy atom. The summed E-state index contributed by atoms with van der Waals surface area (Å²) in [5.41, 5.74) is 1.61. The van der Waals surface area contributed by atoms with Crippen LogP contribution in [0.4, 0.5) is 10.1 Å². The van der Waals surface area contributed by atoms with Gasteiger partial charge in [-0.1, -0.05) is 60.3 Å². The summed E-state index contributed by atoms with van der Waals surface area (Å²) in [5, 5.41) is 3.45. The van der Waals surface area contributed by atoms with Crippen molar-refractivity contribution in [1.29, 1.82) is 0 Å². The molecule has 0 saturated heterocycles. The number of anilines is 1. The number of carbonyl (C=O) groups is 2. The van der Waals surface area contributed by atoms with Crippen molar-refractivity contribution in [3.05, 3.63) is 94.8 Å². The van der Waals surface area contributed by atoms with Gasteiger partial charge >= 0.3 is 0 Å². The third-order valence-corrected chi connectivity index (χ3v) is 9.33. The molecular formula is C30H33ClFN3O4S. The second kappa shape index (κ2) is 12.8. The Kier molecular flexibility index (Phi) is 9.48. The van der Waals surface area contributed by atoms with Crippen LogP contribution < -0.4 is 9.62 Å². The summed E-state index contributed by atoms with van der Waals surface area (Å²) in [4.78, 5) is 28.5. The predicted octanol–water partition coefficient (Wildman–Crippen LogP) is 5.46. The first kappa shape index (κ1) is 29.6. The van der Waals surface area contributed by atoms with Crippen molar-refractivity contribution >= 4 is 39.1 Å². The molecule has 1 aliphatic rings. The van der Waals surface area contributed by atoms with Gasteiger partial charge in [-0.2, -0.15) is 0 Å². The van der Waals surface area contributed by atoms with Gasteiger partial charge in [-0.3, -0.25) is 13.9 Å². The van der Waals surface area contributed by atoms with E-state index in [1.807, 2.05) is 6.92 Å². The van der Waals surface area contributed by atoms with E-state index in [4.69, 9.17) is 11.6 Å². The van der Waals surface area contributed by atoms with Crippen molar-refractivity contribution in [1.82, 2.24) is 10.2 Å². The number of halogens is 2. The molecule has 40 heavy (non-hydrogen) atoms. The Morgan fingerprint density at radius 3 is 2.25 bits per heavy atom. The lowest BCUT2D eigenvalue weighted by Gasteiger charge is -2.32. The van der Waals surface area contributed by atoms with Gasteiger partial charge in [0.15, 0.2) is 0 Å². The van der Waals surface area contributed by atoms with E-state index in [0.717, 1.165) is 47.7 Å². The zero-order chi connectivity index (χ0) is 28.9. The van der Waals surface area contributed by atoms with E-state index in [1.54, 1.807) is 43.3 Å². The van der Waals surface area contributed by atoms with Gasteiger partial charge in [-0.15, -0.1) is 0 Å². The Morgan fingerprint density at radius 2 is 1.62 bits per heavy atom. The van der Waals surface area contributed by atoms with Crippen molar-refractivity contribution in [3.63, 3.8) is 0 Å². The van der Waals surface area contributed by atoms with E-state index in [-0.39, 0.29) is 29.1 Å². The average molecular weight is 586 g/mol. The molecule has 0 unspecified atom stereocenters. The highest BCUT2D eigenvalue weighted by molar-refractivity contribution is 7.92. The Bertz CT molecular complexity index is 1440. The monoisotopic (exact) mass is 585 g/mol. The lowest BCUT2D eigenvalue weighted by molar-refractivity contribution is -0.139. The first-order valence-electron chi connectivity index (χ1n) is 13.2. The van der Waals surface area contributed by atoms with Crippen molar-refractivity contribution < 1.29 is 22.4 Å². The lowest BCUT2D eigenvalue weighted by Crippen LogP contribution is -2.52. The molecule has 1 atom stereocenters. The number of sulfonamides is 1. The maximum absolute atomic E-state index is 13.9. The molecule has 0 aliphatic heterocycles. The predicted molar refractivity (Wildman–Crippen MR) is 154 cm³/mol. The number of rotatable bonds is 10. The van der Waals surface area contributed by atoms with Crippen LogP contribution >= 0.6 is 11.6 Å². The SMILES string of the molecule is Cc1ccc(S(=O)(=O)N(CC(=O)N(Cc2ccccc2Cl)[C@@H](C)C(=O)NC2CCCC2)c2ccc(F)cc2)cc1. The van der Waals surface area contributed by atoms with E-state index in [9.17, 15) is 22.4 Å². The number of carbonyl (C=O) groups excluding carboxylic acids is 2. The van der Waals surface area contributed by atoms with Crippen LogP contribution in [-0.2, 0) is 26.2 Å². The van der Waals surface area contributed by atoms with Crippen LogP contribution in [0.1, 0.15) is 43.7 Å². The van der Waals surface area contributed by atoms with Gasteiger partial charge in [-0.05, 0) is 74.7 Å². The van der Waals surface area contributed by atoms with Crippen LogP contribution in [0.5, 0.6) is 0 Å². The molecule has 0 aromatic heterocycles. The molecule has 1 fully saturated rings. The summed E-state index contributed by atoms with van der Waals surface area (Å²) in [6, 6.07) is 17.3. The standard InChI is InChI=1S/C30H33ClFN3O4S/c1-21-11-17-27(18-12-21)40(38,39)35(26-15-13-24(32)14-16-26)20-29(36)34(19-23-7-3-6-10-28(23)31)22(2)30(37)33-25-8-4-5-9-25/h3,6-7,10-18,22,25H,4-5,8-9,19-20H2,1-2H3,(H,33,37)/t22-/m0/s1. The molecule has 7 nitrogen and oxygen atoms in total. The first-order chi connectivity index (χ1) is 19.1. The zero-order valence-electron chi connectivity index (χ0n) is 22.5. The zero-order valence-corrected chi connectivity index (χ0v) is 24.1. The van der Waals surface area contributed by atoms with Gasteiger partial charge in [-0.25, -0.2) is 12.8 Å². The second-order valence-corrected chi connectivity index (χ2v) is 12.3. The molecule has 3 aromatic rings. The van der Waals surface area contributed by atoms with Crippen LogP contribution in [0.25, 0.3) is 0 Å². The first-order valence-corrected chi connectivity index (χ1v) is 15.1. The summed E-state index contributed by atoms with van der Waals surface area (Å²) in [7, 11) is -4.22. The van der Waals surface area contributed by atoms with E-state index < -0.39 is 34.3 Å². The number of nitrogens with zero attached hydrogens (tertiary/aromatic N) is 2. The molecule has 4 rings (SSSR count). The number of hydrogen-bond donors (Lipinski definition) is 1. The fraction of sp³-hybridized carbons (Fsp3) is 0.333. The second-order valence-electron chi connectivity index (χ2n) is 10.1. The van der Waals surface area contributed by atoms with Gasteiger partial charge in [0.25, 0.3) is 10.0 Å². The highest BCUT2D eigenvalue weighted by Crippen LogP contribution is 2.26. The van der Waals surface area contributed by atoms with Crippen LogP contribution in [-0.4, -0.2) is 43.8 Å². The lowest BCUT2D eigenvalue weighted by atomic mass is 10.1. The molecule has 1 N–H and O–H groups in total. The number of amides is 2. The number of benzene rings is 3. The number of nitrogens with one attached hydrogen (secondary N) is 1. The molecule has 212 valence electrons. The molecule has 1 saturated carbocycles. The van der Waals surface area contributed by atoms with Crippen molar-refractivity contribution in [3.8, 4) is 0 Å². The molecule has 10 heteroatoms. The van der Waals surface area contributed by atoms with Crippen molar-refractivity contribution in [2.75, 3.05) is 10.8 Å². The van der Waals surface area contributed by atoms with Gasteiger partial charge in [0.2, 0.25) is 11.8 Å². The summed E-state index contributed by atoms with van der Waals surface area (Å²) in [6.07, 6.45) is 3.82. The highest BCUT2D eigenvalue weighted by Gasteiger charge is 2.33. The summed E-state index contributed by atoms with van der Waals surface area (Å²) < 4.78 is 42.3. The molecule has 0 spiro atoms. The minimum Gasteiger partial charge on any atom is -0.352 e. The molecule has 3 aromatic carbocycles. The van der Waals surface area contributed by atoms with Crippen LogP contribution in [0.15, 0.2) is 77.7 Å². The van der Waals surface area contributed by atoms with Crippen LogP contribution in [0, 0.1) is 12.7 Å². The summed E-state index contributed by atoms with van der Waals surface area (Å²) in [5.74, 6) is -1.46. The Labute approximate surface area is 240 Å². The third kappa shape index (κ3) is 7.01. The molecule has 0 heterocycles.